The van der Waals surface area contributed by atoms with Crippen molar-refractivity contribution in [1.29, 1.82) is 0 Å². The molecule has 1 aromatic rings. The third-order valence-electron chi connectivity index (χ3n) is 3.30. The predicted molar refractivity (Wildman–Crippen MR) is 84.4 cm³/mol. The van der Waals surface area contributed by atoms with Gasteiger partial charge in [0.25, 0.3) is 0 Å². The zero-order valence-corrected chi connectivity index (χ0v) is 13.2. The van der Waals surface area contributed by atoms with Crippen molar-refractivity contribution in [3.8, 4) is 5.75 Å². The first-order valence-electron chi connectivity index (χ1n) is 6.71. The first-order valence-corrected chi connectivity index (χ1v) is 6.71. The maximum Gasteiger partial charge on any atom is 0.224 e. The van der Waals surface area contributed by atoms with Gasteiger partial charge in [-0.05, 0) is 37.5 Å². The lowest BCUT2D eigenvalue weighted by atomic mass is 10.0. The normalized spacial score (nSPS) is 13.0. The van der Waals surface area contributed by atoms with Crippen molar-refractivity contribution in [3.05, 3.63) is 29.8 Å². The van der Waals surface area contributed by atoms with E-state index >= 15 is 0 Å². The highest BCUT2D eigenvalue weighted by Gasteiger charge is 2.15. The Hall–Kier alpha value is -1.26. The number of carbonyl (C=O) groups is 1. The molecule has 20 heavy (non-hydrogen) atoms. The van der Waals surface area contributed by atoms with Crippen LogP contribution in [0.25, 0.3) is 0 Å². The Kier molecular flexibility index (Phi) is 9.01. The first-order chi connectivity index (χ1) is 9.04. The van der Waals surface area contributed by atoms with E-state index in [9.17, 15) is 4.79 Å². The fourth-order valence-electron chi connectivity index (χ4n) is 1.70. The van der Waals surface area contributed by atoms with Gasteiger partial charge >= 0.3 is 0 Å². The molecule has 2 unspecified atom stereocenters. The SMILES string of the molecule is COc1ccc(CCCNC(=O)C(C)C(C)N)cc1.Cl. The quantitative estimate of drug-likeness (QED) is 0.758. The number of nitrogens with one attached hydrogen (secondary N) is 1. The first kappa shape index (κ1) is 18.7. The van der Waals surface area contributed by atoms with Crippen LogP contribution < -0.4 is 15.8 Å². The molecule has 5 heteroatoms. The summed E-state index contributed by atoms with van der Waals surface area (Å²) in [7, 11) is 1.66. The average Bonchev–Trinajstić information content (AvgIpc) is 2.43. The van der Waals surface area contributed by atoms with Crippen LogP contribution in [0.15, 0.2) is 24.3 Å². The molecule has 0 heterocycles. The van der Waals surface area contributed by atoms with Crippen molar-refractivity contribution < 1.29 is 9.53 Å². The smallest absolute Gasteiger partial charge is 0.224 e. The summed E-state index contributed by atoms with van der Waals surface area (Å²) in [6.45, 7) is 4.38. The van der Waals surface area contributed by atoms with Gasteiger partial charge in [-0.15, -0.1) is 12.4 Å². The fraction of sp³-hybridized carbons (Fsp3) is 0.533. The van der Waals surface area contributed by atoms with Crippen LogP contribution in [0.1, 0.15) is 25.8 Å². The highest BCUT2D eigenvalue weighted by atomic mass is 35.5. The molecule has 0 saturated carbocycles. The van der Waals surface area contributed by atoms with Gasteiger partial charge in [-0.25, -0.2) is 0 Å². The Bertz CT molecular complexity index is 393. The van der Waals surface area contributed by atoms with Crippen molar-refractivity contribution in [1.82, 2.24) is 5.32 Å². The molecule has 1 rings (SSSR count). The Morgan fingerprint density at radius 1 is 1.30 bits per heavy atom. The molecule has 4 nitrogen and oxygen atoms in total. The predicted octanol–water partition coefficient (Wildman–Crippen LogP) is 2.15. The van der Waals surface area contributed by atoms with Crippen molar-refractivity contribution in [2.75, 3.05) is 13.7 Å². The molecule has 0 aliphatic heterocycles. The summed E-state index contributed by atoms with van der Waals surface area (Å²) in [5.74, 6) is 0.758. The van der Waals surface area contributed by atoms with Crippen LogP contribution in [0.4, 0.5) is 0 Å². The number of amides is 1. The number of rotatable bonds is 7. The van der Waals surface area contributed by atoms with Crippen molar-refractivity contribution in [3.63, 3.8) is 0 Å². The summed E-state index contributed by atoms with van der Waals surface area (Å²) in [5.41, 5.74) is 6.93. The van der Waals surface area contributed by atoms with Crippen molar-refractivity contribution in [2.45, 2.75) is 32.7 Å². The number of hydrogen-bond acceptors (Lipinski definition) is 3. The minimum absolute atomic E-state index is 0. The molecular weight excluding hydrogens is 276 g/mol. The van der Waals surface area contributed by atoms with Crippen LogP contribution in [0, 0.1) is 5.92 Å². The molecule has 0 aliphatic carbocycles. The molecular formula is C15H25ClN2O2. The van der Waals surface area contributed by atoms with Gasteiger partial charge in [0.1, 0.15) is 5.75 Å². The summed E-state index contributed by atoms with van der Waals surface area (Å²) < 4.78 is 5.11. The van der Waals surface area contributed by atoms with E-state index in [1.165, 1.54) is 5.56 Å². The molecule has 1 aromatic carbocycles. The van der Waals surface area contributed by atoms with Crippen molar-refractivity contribution in [2.24, 2.45) is 11.7 Å². The van der Waals surface area contributed by atoms with E-state index in [1.54, 1.807) is 7.11 Å². The third kappa shape index (κ3) is 6.26. The van der Waals surface area contributed by atoms with Gasteiger partial charge < -0.3 is 15.8 Å². The summed E-state index contributed by atoms with van der Waals surface area (Å²) in [5, 5.41) is 2.91. The van der Waals surface area contributed by atoms with Crippen LogP contribution >= 0.6 is 12.4 Å². The van der Waals surface area contributed by atoms with Gasteiger partial charge in [-0.3, -0.25) is 4.79 Å². The lowest BCUT2D eigenvalue weighted by Crippen LogP contribution is -2.39. The molecule has 1 amide bonds. The molecule has 0 fully saturated rings. The number of halogens is 1. The summed E-state index contributed by atoms with van der Waals surface area (Å²) in [6, 6.07) is 7.89. The van der Waals surface area contributed by atoms with Gasteiger partial charge in [-0.2, -0.15) is 0 Å². The number of aryl methyl sites for hydroxylation is 1. The fourth-order valence-corrected chi connectivity index (χ4v) is 1.70. The van der Waals surface area contributed by atoms with Crippen molar-refractivity contribution >= 4 is 18.3 Å². The minimum atomic E-state index is -0.138. The Balaban J connectivity index is 0.00000361. The van der Waals surface area contributed by atoms with Gasteiger partial charge in [0, 0.05) is 18.5 Å². The van der Waals surface area contributed by atoms with Gasteiger partial charge in [0.05, 0.1) is 7.11 Å². The van der Waals surface area contributed by atoms with E-state index in [1.807, 2.05) is 38.1 Å². The van der Waals surface area contributed by atoms with E-state index in [-0.39, 0.29) is 30.3 Å². The van der Waals surface area contributed by atoms with E-state index in [0.29, 0.717) is 6.54 Å². The largest absolute Gasteiger partial charge is 0.497 e. The second kappa shape index (κ2) is 9.61. The monoisotopic (exact) mass is 300 g/mol. The molecule has 0 saturated heterocycles. The summed E-state index contributed by atoms with van der Waals surface area (Å²) >= 11 is 0. The Labute approximate surface area is 127 Å². The van der Waals surface area contributed by atoms with Crippen LogP contribution in [0.3, 0.4) is 0 Å². The van der Waals surface area contributed by atoms with Gasteiger partial charge in [0.15, 0.2) is 0 Å². The number of hydrogen-bond donors (Lipinski definition) is 2. The van der Waals surface area contributed by atoms with E-state index in [4.69, 9.17) is 10.5 Å². The van der Waals surface area contributed by atoms with Crippen LogP contribution in [-0.2, 0) is 11.2 Å². The van der Waals surface area contributed by atoms with E-state index in [0.717, 1.165) is 18.6 Å². The molecule has 0 bridgehead atoms. The van der Waals surface area contributed by atoms with Crippen LogP contribution in [0.5, 0.6) is 5.75 Å². The lowest BCUT2D eigenvalue weighted by molar-refractivity contribution is -0.124. The topological polar surface area (TPSA) is 64.3 Å². The highest BCUT2D eigenvalue weighted by Crippen LogP contribution is 2.12. The highest BCUT2D eigenvalue weighted by molar-refractivity contribution is 5.85. The molecule has 0 spiro atoms. The van der Waals surface area contributed by atoms with Crippen LogP contribution in [-0.4, -0.2) is 25.6 Å². The summed E-state index contributed by atoms with van der Waals surface area (Å²) in [4.78, 5) is 11.7. The third-order valence-corrected chi connectivity index (χ3v) is 3.30. The maximum absolute atomic E-state index is 11.7. The molecule has 0 aromatic heterocycles. The molecule has 2 atom stereocenters. The molecule has 0 aliphatic rings. The van der Waals surface area contributed by atoms with Gasteiger partial charge in [0.2, 0.25) is 5.91 Å². The second-order valence-electron chi connectivity index (χ2n) is 4.89. The standard InChI is InChI=1S/C15H24N2O2.ClH/c1-11(12(2)16)15(18)17-10-4-5-13-6-8-14(19-3)9-7-13;/h6-9,11-12H,4-5,10,16H2,1-3H3,(H,17,18);1H. The number of ether oxygens (including phenoxy) is 1. The van der Waals surface area contributed by atoms with Crippen LogP contribution in [0.2, 0.25) is 0 Å². The Morgan fingerprint density at radius 2 is 1.90 bits per heavy atom. The van der Waals surface area contributed by atoms with Gasteiger partial charge in [-0.1, -0.05) is 19.1 Å². The second-order valence-corrected chi connectivity index (χ2v) is 4.89. The summed E-state index contributed by atoms with van der Waals surface area (Å²) in [6.07, 6.45) is 1.86. The molecule has 3 N–H and O–H groups in total. The lowest BCUT2D eigenvalue weighted by Gasteiger charge is -2.15. The molecule has 0 radical (unpaired) electrons. The zero-order chi connectivity index (χ0) is 14.3. The minimum Gasteiger partial charge on any atom is -0.497 e. The average molecular weight is 301 g/mol. The number of methoxy groups -OCH3 is 1. The van der Waals surface area contributed by atoms with E-state index in [2.05, 4.69) is 5.32 Å². The maximum atomic E-state index is 11.7. The zero-order valence-electron chi connectivity index (χ0n) is 12.4. The molecule has 114 valence electrons. The van der Waals surface area contributed by atoms with E-state index < -0.39 is 0 Å². The Morgan fingerprint density at radius 3 is 2.40 bits per heavy atom. The number of carbonyl (C=O) groups excluding carboxylic acids is 1. The number of nitrogens with two attached hydrogens (primary N) is 1. The number of benzene rings is 1.